The summed E-state index contributed by atoms with van der Waals surface area (Å²) in [6.07, 6.45) is 0. The predicted octanol–water partition coefficient (Wildman–Crippen LogP) is -1.19. The van der Waals surface area contributed by atoms with E-state index in [2.05, 4.69) is 5.32 Å². The Morgan fingerprint density at radius 1 is 1.38 bits per heavy atom. The van der Waals surface area contributed by atoms with Crippen LogP contribution in [0.25, 0.3) is 0 Å². The fourth-order valence-electron chi connectivity index (χ4n) is 1.10. The van der Waals surface area contributed by atoms with Crippen LogP contribution in [0, 0.1) is 0 Å². The lowest BCUT2D eigenvalue weighted by molar-refractivity contribution is -0.116. The van der Waals surface area contributed by atoms with E-state index in [9.17, 15) is 13.2 Å². The molecule has 1 aromatic rings. The third kappa shape index (κ3) is 3.11. The molecule has 0 spiro atoms. The summed E-state index contributed by atoms with van der Waals surface area (Å²) in [7, 11) is -3.90. The van der Waals surface area contributed by atoms with Crippen LogP contribution >= 0.6 is 0 Å². The summed E-state index contributed by atoms with van der Waals surface area (Å²) in [5, 5.41) is 7.55. The number of hydrogen-bond donors (Lipinski definition) is 4. The average molecular weight is 244 g/mol. The smallest absolute Gasteiger partial charge is 0.240 e. The van der Waals surface area contributed by atoms with Gasteiger partial charge in [-0.3, -0.25) is 4.79 Å². The molecule has 0 radical (unpaired) electrons. The number of sulfonamides is 1. The number of amides is 1. The number of nitrogens with one attached hydrogen (secondary N) is 1. The van der Waals surface area contributed by atoms with E-state index in [1.807, 2.05) is 0 Å². The molecule has 0 bridgehead atoms. The number of carbonyl (C=O) groups excluding carboxylic acids is 1. The molecule has 0 atom stereocenters. The van der Waals surface area contributed by atoms with E-state index in [4.69, 9.17) is 16.6 Å². The van der Waals surface area contributed by atoms with Gasteiger partial charge in [0.1, 0.15) is 4.90 Å². The lowest BCUT2D eigenvalue weighted by atomic mass is 10.3. The van der Waals surface area contributed by atoms with E-state index in [0.717, 1.165) is 0 Å². The van der Waals surface area contributed by atoms with Crippen molar-refractivity contribution in [2.24, 2.45) is 10.9 Å². The van der Waals surface area contributed by atoms with Gasteiger partial charge >= 0.3 is 0 Å². The quantitative estimate of drug-likeness (QED) is 0.493. The highest BCUT2D eigenvalue weighted by Crippen LogP contribution is 2.22. The second-order valence-corrected chi connectivity index (χ2v) is 4.65. The fourth-order valence-corrected chi connectivity index (χ4v) is 1.85. The molecule has 7 nitrogen and oxygen atoms in total. The third-order valence-electron chi connectivity index (χ3n) is 1.77. The first-order chi connectivity index (χ1) is 7.30. The van der Waals surface area contributed by atoms with Crippen molar-refractivity contribution in [2.45, 2.75) is 4.90 Å². The molecular formula is C8H12N4O3S. The first-order valence-electron chi connectivity index (χ1n) is 4.25. The zero-order valence-corrected chi connectivity index (χ0v) is 9.12. The van der Waals surface area contributed by atoms with Crippen molar-refractivity contribution < 1.29 is 13.2 Å². The topological polar surface area (TPSA) is 141 Å². The van der Waals surface area contributed by atoms with E-state index >= 15 is 0 Å². The number of primary sulfonamides is 1. The molecule has 0 saturated heterocycles. The van der Waals surface area contributed by atoms with Crippen molar-refractivity contribution >= 4 is 27.3 Å². The molecular weight excluding hydrogens is 232 g/mol. The van der Waals surface area contributed by atoms with Gasteiger partial charge in [0.2, 0.25) is 15.9 Å². The molecule has 0 aliphatic rings. The Labute approximate surface area is 92.7 Å². The van der Waals surface area contributed by atoms with Crippen LogP contribution in [-0.4, -0.2) is 20.9 Å². The van der Waals surface area contributed by atoms with Crippen LogP contribution in [0.1, 0.15) is 0 Å². The van der Waals surface area contributed by atoms with Crippen LogP contribution in [0.2, 0.25) is 0 Å². The number of nitrogens with two attached hydrogens (primary N) is 3. The molecule has 1 rings (SSSR count). The standard InChI is InChI=1S/C8H12N4O3S/c9-5-1-2-6(12-4-8(10)13)7(3-5)16(11,14)15/h1-3,12H,4,9H2,(H2,10,13)(H2,11,14,15). The van der Waals surface area contributed by atoms with Crippen LogP contribution in [0.3, 0.4) is 0 Å². The SMILES string of the molecule is NC(=O)CNc1ccc(N)cc1S(N)(=O)=O. The summed E-state index contributed by atoms with van der Waals surface area (Å²) in [5.41, 5.74) is 10.8. The Morgan fingerprint density at radius 2 is 2.00 bits per heavy atom. The normalized spacial score (nSPS) is 11.1. The number of anilines is 2. The van der Waals surface area contributed by atoms with Gasteiger partial charge in [0.25, 0.3) is 0 Å². The van der Waals surface area contributed by atoms with Crippen molar-refractivity contribution in [1.82, 2.24) is 0 Å². The highest BCUT2D eigenvalue weighted by Gasteiger charge is 2.14. The van der Waals surface area contributed by atoms with Gasteiger partial charge in [0.15, 0.2) is 0 Å². The van der Waals surface area contributed by atoms with Crippen molar-refractivity contribution in [1.29, 1.82) is 0 Å². The minimum atomic E-state index is -3.90. The van der Waals surface area contributed by atoms with Gasteiger partial charge in [-0.1, -0.05) is 0 Å². The summed E-state index contributed by atoms with van der Waals surface area (Å²) in [5.74, 6) is -0.614. The molecule has 88 valence electrons. The summed E-state index contributed by atoms with van der Waals surface area (Å²) in [4.78, 5) is 10.4. The van der Waals surface area contributed by atoms with Crippen LogP contribution < -0.4 is 21.9 Å². The number of rotatable bonds is 4. The van der Waals surface area contributed by atoms with Gasteiger partial charge in [-0.25, -0.2) is 13.6 Å². The van der Waals surface area contributed by atoms with E-state index in [1.54, 1.807) is 0 Å². The van der Waals surface area contributed by atoms with Gasteiger partial charge in [-0.15, -0.1) is 0 Å². The monoisotopic (exact) mass is 244 g/mol. The first kappa shape index (κ1) is 12.3. The Bertz CT molecular complexity index is 512. The molecule has 0 aliphatic heterocycles. The van der Waals surface area contributed by atoms with Crippen molar-refractivity contribution in [3.63, 3.8) is 0 Å². The zero-order chi connectivity index (χ0) is 12.3. The maximum absolute atomic E-state index is 11.2. The molecule has 0 aromatic heterocycles. The number of hydrogen-bond acceptors (Lipinski definition) is 5. The number of nitrogen functional groups attached to an aromatic ring is 1. The van der Waals surface area contributed by atoms with E-state index < -0.39 is 15.9 Å². The Hall–Kier alpha value is -1.80. The molecule has 1 aromatic carbocycles. The number of primary amides is 1. The highest BCUT2D eigenvalue weighted by molar-refractivity contribution is 7.89. The predicted molar refractivity (Wildman–Crippen MR) is 59.9 cm³/mol. The van der Waals surface area contributed by atoms with E-state index in [1.165, 1.54) is 18.2 Å². The van der Waals surface area contributed by atoms with Crippen LogP contribution in [0.15, 0.2) is 23.1 Å². The number of carbonyl (C=O) groups is 1. The average Bonchev–Trinajstić information content (AvgIpc) is 2.14. The molecule has 0 fully saturated rings. The van der Waals surface area contributed by atoms with Crippen LogP contribution in [0.4, 0.5) is 11.4 Å². The van der Waals surface area contributed by atoms with Gasteiger partial charge < -0.3 is 16.8 Å². The molecule has 0 saturated carbocycles. The second-order valence-electron chi connectivity index (χ2n) is 3.12. The van der Waals surface area contributed by atoms with Gasteiger partial charge in [-0.2, -0.15) is 0 Å². The Kier molecular flexibility index (Phi) is 3.35. The summed E-state index contributed by atoms with van der Waals surface area (Å²) >= 11 is 0. The summed E-state index contributed by atoms with van der Waals surface area (Å²) in [6, 6.07) is 4.11. The number of benzene rings is 1. The molecule has 0 unspecified atom stereocenters. The van der Waals surface area contributed by atoms with Crippen molar-refractivity contribution in [2.75, 3.05) is 17.6 Å². The van der Waals surface area contributed by atoms with Gasteiger partial charge in [-0.05, 0) is 18.2 Å². The minimum absolute atomic E-state index is 0.172. The van der Waals surface area contributed by atoms with Crippen molar-refractivity contribution in [3.8, 4) is 0 Å². The summed E-state index contributed by atoms with van der Waals surface area (Å²) < 4.78 is 22.4. The zero-order valence-electron chi connectivity index (χ0n) is 8.30. The minimum Gasteiger partial charge on any atom is -0.399 e. The molecule has 8 heteroatoms. The summed E-state index contributed by atoms with van der Waals surface area (Å²) in [6.45, 7) is -0.188. The van der Waals surface area contributed by atoms with Gasteiger partial charge in [0.05, 0.1) is 12.2 Å². The lowest BCUT2D eigenvalue weighted by Gasteiger charge is -2.09. The second kappa shape index (κ2) is 4.37. The lowest BCUT2D eigenvalue weighted by Crippen LogP contribution is -2.23. The largest absolute Gasteiger partial charge is 0.399 e. The highest BCUT2D eigenvalue weighted by atomic mass is 32.2. The van der Waals surface area contributed by atoms with Gasteiger partial charge in [0, 0.05) is 5.69 Å². The van der Waals surface area contributed by atoms with Crippen molar-refractivity contribution in [3.05, 3.63) is 18.2 Å². The third-order valence-corrected chi connectivity index (χ3v) is 2.72. The molecule has 0 heterocycles. The van der Waals surface area contributed by atoms with E-state index in [-0.39, 0.29) is 22.8 Å². The first-order valence-corrected chi connectivity index (χ1v) is 5.80. The van der Waals surface area contributed by atoms with Crippen LogP contribution in [-0.2, 0) is 14.8 Å². The maximum atomic E-state index is 11.2. The molecule has 16 heavy (non-hydrogen) atoms. The maximum Gasteiger partial charge on any atom is 0.240 e. The molecule has 1 amide bonds. The Morgan fingerprint density at radius 3 is 2.50 bits per heavy atom. The molecule has 7 N–H and O–H groups in total. The van der Waals surface area contributed by atoms with E-state index in [0.29, 0.717) is 0 Å². The Balaban J connectivity index is 3.13. The fraction of sp³-hybridized carbons (Fsp3) is 0.125. The van der Waals surface area contributed by atoms with Crippen LogP contribution in [0.5, 0.6) is 0 Å². The molecule has 0 aliphatic carbocycles.